The number of rotatable bonds is 6. The molecular weight excluding hydrogens is 368 g/mol. The quantitative estimate of drug-likeness (QED) is 0.556. The molecule has 0 N–H and O–H groups in total. The highest BCUT2D eigenvalue weighted by Gasteiger charge is 2.33. The van der Waals surface area contributed by atoms with Crippen LogP contribution < -0.4 is 4.90 Å². The first-order valence-electron chi connectivity index (χ1n) is 8.67. The van der Waals surface area contributed by atoms with E-state index in [2.05, 4.69) is 18.0 Å². The number of nitrogens with zero attached hydrogens (tertiary/aromatic N) is 2. The molecule has 1 aliphatic rings. The number of fused-ring (bicyclic) bond motifs is 1. The number of aromatic nitrogens is 1. The number of ether oxygens (including phenoxy) is 1. The molecular formula is C19H22N2O3S2. The van der Waals surface area contributed by atoms with Crippen LogP contribution in [0.1, 0.15) is 32.0 Å². The Hall–Kier alpha value is -1.86. The summed E-state index contributed by atoms with van der Waals surface area (Å²) >= 11 is 2.90. The van der Waals surface area contributed by atoms with E-state index in [9.17, 15) is 9.59 Å². The SMILES string of the molecule is CCOC(=O)Cc1csc(S[C@H](C)C(=O)N2c3ccccc3C[C@H]2C)n1. The predicted molar refractivity (Wildman–Crippen MR) is 105 cm³/mol. The van der Waals surface area contributed by atoms with Gasteiger partial charge >= 0.3 is 5.97 Å². The second kappa shape index (κ2) is 8.22. The lowest BCUT2D eigenvalue weighted by molar-refractivity contribution is -0.142. The maximum Gasteiger partial charge on any atom is 0.311 e. The number of thioether (sulfide) groups is 1. The zero-order valence-electron chi connectivity index (χ0n) is 15.1. The van der Waals surface area contributed by atoms with Crippen LogP contribution in [-0.2, 0) is 27.2 Å². The Balaban J connectivity index is 1.65. The van der Waals surface area contributed by atoms with E-state index < -0.39 is 0 Å². The van der Waals surface area contributed by atoms with Gasteiger partial charge in [0, 0.05) is 17.1 Å². The Morgan fingerprint density at radius 2 is 2.19 bits per heavy atom. The Kier molecular flexibility index (Phi) is 5.98. The van der Waals surface area contributed by atoms with Gasteiger partial charge in [0.05, 0.1) is 24.0 Å². The highest BCUT2D eigenvalue weighted by Crippen LogP contribution is 2.35. The molecule has 0 unspecified atom stereocenters. The molecule has 0 saturated carbocycles. The van der Waals surface area contributed by atoms with Gasteiger partial charge in [-0.1, -0.05) is 30.0 Å². The first kappa shape index (κ1) is 18.9. The Morgan fingerprint density at radius 1 is 1.42 bits per heavy atom. The van der Waals surface area contributed by atoms with Gasteiger partial charge in [-0.2, -0.15) is 0 Å². The fraction of sp³-hybridized carbons (Fsp3) is 0.421. The molecule has 0 radical (unpaired) electrons. The minimum Gasteiger partial charge on any atom is -0.466 e. The van der Waals surface area contributed by atoms with E-state index in [1.807, 2.05) is 35.4 Å². The molecule has 0 fully saturated rings. The van der Waals surface area contributed by atoms with Crippen molar-refractivity contribution in [2.75, 3.05) is 11.5 Å². The van der Waals surface area contributed by atoms with Gasteiger partial charge in [-0.25, -0.2) is 4.98 Å². The Labute approximate surface area is 161 Å². The minimum absolute atomic E-state index is 0.0922. The molecule has 3 rings (SSSR count). The number of anilines is 1. The van der Waals surface area contributed by atoms with Crippen LogP contribution >= 0.6 is 23.1 Å². The molecule has 1 aromatic heterocycles. The van der Waals surface area contributed by atoms with Crippen molar-refractivity contribution in [3.8, 4) is 0 Å². The molecule has 5 nitrogen and oxygen atoms in total. The van der Waals surface area contributed by atoms with Crippen LogP contribution in [0.5, 0.6) is 0 Å². The number of amides is 1. The van der Waals surface area contributed by atoms with E-state index in [-0.39, 0.29) is 29.6 Å². The summed E-state index contributed by atoms with van der Waals surface area (Å²) in [7, 11) is 0. The second-order valence-electron chi connectivity index (χ2n) is 6.24. The number of carbonyl (C=O) groups is 2. The van der Waals surface area contributed by atoms with Gasteiger partial charge in [0.1, 0.15) is 0 Å². The molecule has 7 heteroatoms. The van der Waals surface area contributed by atoms with Gasteiger partial charge in [-0.05, 0) is 38.8 Å². The summed E-state index contributed by atoms with van der Waals surface area (Å²) in [5.41, 5.74) is 2.92. The number of hydrogen-bond donors (Lipinski definition) is 0. The fourth-order valence-corrected chi connectivity index (χ4v) is 5.11. The highest BCUT2D eigenvalue weighted by atomic mass is 32.2. The summed E-state index contributed by atoms with van der Waals surface area (Å²) < 4.78 is 5.74. The van der Waals surface area contributed by atoms with Crippen molar-refractivity contribution in [3.63, 3.8) is 0 Å². The van der Waals surface area contributed by atoms with Crippen molar-refractivity contribution in [1.82, 2.24) is 4.98 Å². The minimum atomic E-state index is -0.277. The third-order valence-electron chi connectivity index (χ3n) is 4.23. The Morgan fingerprint density at radius 3 is 2.96 bits per heavy atom. The highest BCUT2D eigenvalue weighted by molar-refractivity contribution is 8.02. The third-order valence-corrected chi connectivity index (χ3v) is 6.34. The van der Waals surface area contributed by atoms with Crippen LogP contribution in [-0.4, -0.2) is 34.8 Å². The number of carbonyl (C=O) groups excluding carboxylic acids is 2. The molecule has 1 aliphatic heterocycles. The van der Waals surface area contributed by atoms with Crippen molar-refractivity contribution >= 4 is 40.7 Å². The molecule has 138 valence electrons. The van der Waals surface area contributed by atoms with Crippen LogP contribution in [0.2, 0.25) is 0 Å². The van der Waals surface area contributed by atoms with Crippen molar-refractivity contribution in [2.45, 2.75) is 49.2 Å². The van der Waals surface area contributed by atoms with Gasteiger partial charge in [0.15, 0.2) is 4.34 Å². The van der Waals surface area contributed by atoms with Gasteiger partial charge in [-0.15, -0.1) is 11.3 Å². The molecule has 1 aromatic carbocycles. The average molecular weight is 391 g/mol. The van der Waals surface area contributed by atoms with Gasteiger partial charge in [0.2, 0.25) is 5.91 Å². The fourth-order valence-electron chi connectivity index (χ4n) is 3.08. The first-order valence-corrected chi connectivity index (χ1v) is 10.4. The maximum absolute atomic E-state index is 13.0. The van der Waals surface area contributed by atoms with Gasteiger partial charge in [-0.3, -0.25) is 9.59 Å². The lowest BCUT2D eigenvalue weighted by atomic mass is 10.1. The van der Waals surface area contributed by atoms with E-state index >= 15 is 0 Å². The summed E-state index contributed by atoms with van der Waals surface area (Å²) in [5, 5.41) is 1.61. The van der Waals surface area contributed by atoms with Gasteiger partial charge in [0.25, 0.3) is 0 Å². The van der Waals surface area contributed by atoms with Crippen molar-refractivity contribution in [1.29, 1.82) is 0 Å². The van der Waals surface area contributed by atoms with E-state index in [4.69, 9.17) is 4.74 Å². The van der Waals surface area contributed by atoms with Gasteiger partial charge < -0.3 is 9.64 Å². The first-order chi connectivity index (χ1) is 12.5. The predicted octanol–water partition coefficient (Wildman–Crippen LogP) is 3.71. The summed E-state index contributed by atoms with van der Waals surface area (Å²) in [6, 6.07) is 8.24. The maximum atomic E-state index is 13.0. The van der Waals surface area contributed by atoms with Crippen LogP contribution in [0.15, 0.2) is 34.0 Å². The third kappa shape index (κ3) is 4.10. The zero-order valence-corrected chi connectivity index (χ0v) is 16.7. The molecule has 0 bridgehead atoms. The summed E-state index contributed by atoms with van der Waals surface area (Å²) in [5.74, 6) is -0.185. The number of esters is 1. The van der Waals surface area contributed by atoms with Crippen LogP contribution in [0.3, 0.4) is 0 Å². The molecule has 26 heavy (non-hydrogen) atoms. The molecule has 0 aliphatic carbocycles. The molecule has 0 saturated heterocycles. The summed E-state index contributed by atoms with van der Waals surface area (Å²) in [6.07, 6.45) is 1.06. The zero-order chi connectivity index (χ0) is 18.7. The molecule has 0 spiro atoms. The van der Waals surface area contributed by atoms with E-state index in [0.29, 0.717) is 12.3 Å². The largest absolute Gasteiger partial charge is 0.466 e. The molecule has 2 aromatic rings. The monoisotopic (exact) mass is 390 g/mol. The van der Waals surface area contributed by atoms with Crippen molar-refractivity contribution in [3.05, 3.63) is 40.9 Å². The summed E-state index contributed by atoms with van der Waals surface area (Å²) in [4.78, 5) is 30.9. The number of para-hydroxylation sites is 1. The average Bonchev–Trinajstić information content (AvgIpc) is 3.17. The molecule has 2 heterocycles. The lowest BCUT2D eigenvalue weighted by Crippen LogP contribution is -2.40. The number of thiazole rings is 1. The van der Waals surface area contributed by atoms with Crippen molar-refractivity contribution in [2.24, 2.45) is 0 Å². The van der Waals surface area contributed by atoms with E-state index in [0.717, 1.165) is 16.4 Å². The smallest absolute Gasteiger partial charge is 0.311 e. The van der Waals surface area contributed by atoms with E-state index in [1.54, 1.807) is 6.92 Å². The lowest BCUT2D eigenvalue weighted by Gasteiger charge is -2.25. The number of hydrogen-bond acceptors (Lipinski definition) is 6. The van der Waals surface area contributed by atoms with E-state index in [1.165, 1.54) is 28.7 Å². The summed E-state index contributed by atoms with van der Waals surface area (Å²) in [6.45, 7) is 6.14. The molecule has 2 atom stereocenters. The Bertz CT molecular complexity index is 806. The topological polar surface area (TPSA) is 59.5 Å². The normalized spacial score (nSPS) is 17.0. The second-order valence-corrected chi connectivity index (χ2v) is 8.68. The molecule has 1 amide bonds. The van der Waals surface area contributed by atoms with Crippen LogP contribution in [0.25, 0.3) is 0 Å². The van der Waals surface area contributed by atoms with Crippen molar-refractivity contribution < 1.29 is 14.3 Å². The van der Waals surface area contributed by atoms with Crippen LogP contribution in [0, 0.1) is 0 Å². The standard InChI is InChI=1S/C19H22N2O3S2/c1-4-24-17(22)10-15-11-25-19(20-15)26-13(3)18(23)21-12(2)9-14-7-5-6-8-16(14)21/h5-8,11-13H,4,9-10H2,1-3H3/t12-,13-/m1/s1. The van der Waals surface area contributed by atoms with Crippen LogP contribution in [0.4, 0.5) is 5.69 Å². The number of benzene rings is 1.